The van der Waals surface area contributed by atoms with E-state index in [2.05, 4.69) is 21.4 Å². The first-order chi connectivity index (χ1) is 12.7. The first-order valence-corrected chi connectivity index (χ1v) is 8.16. The summed E-state index contributed by atoms with van der Waals surface area (Å²) in [5.74, 6) is -0.200. The van der Waals surface area contributed by atoms with Gasteiger partial charge in [0.05, 0.1) is 16.6 Å². The van der Waals surface area contributed by atoms with Crippen molar-refractivity contribution in [3.8, 4) is 5.69 Å². The zero-order chi connectivity index (χ0) is 18.1. The van der Waals surface area contributed by atoms with E-state index in [1.165, 1.54) is 7.05 Å². The van der Waals surface area contributed by atoms with Crippen molar-refractivity contribution in [1.29, 1.82) is 0 Å². The number of carbonyl (C=O) groups excluding carboxylic acids is 1. The quantitative estimate of drug-likeness (QED) is 0.433. The number of aliphatic imine (C=N–C) groups is 1. The Balaban J connectivity index is 1.88. The lowest BCUT2D eigenvalue weighted by Gasteiger charge is -2.06. The molecule has 0 bridgehead atoms. The van der Waals surface area contributed by atoms with Crippen LogP contribution >= 0.6 is 0 Å². The minimum absolute atomic E-state index is 0.0867. The first kappa shape index (κ1) is 15.8. The average Bonchev–Trinajstić information content (AvgIpc) is 3.07. The minimum Gasteiger partial charge on any atom is -0.370 e. The minimum atomic E-state index is -0.287. The molecule has 0 aliphatic heterocycles. The van der Waals surface area contributed by atoms with Crippen LogP contribution in [-0.2, 0) is 0 Å². The van der Waals surface area contributed by atoms with Crippen LogP contribution in [0.2, 0.25) is 0 Å². The van der Waals surface area contributed by atoms with Gasteiger partial charge in [-0.1, -0.05) is 24.3 Å². The highest BCUT2D eigenvalue weighted by Crippen LogP contribution is 2.26. The SMILES string of the molecule is CN=C(N)NC(=O)c1cn(-c2ccc3ncccc3c2)c2ccccc12. The van der Waals surface area contributed by atoms with E-state index >= 15 is 0 Å². The van der Waals surface area contributed by atoms with Gasteiger partial charge >= 0.3 is 0 Å². The Kier molecular flexibility index (Phi) is 3.85. The fraction of sp³-hybridized carbons (Fsp3) is 0.0500. The number of hydrogen-bond donors (Lipinski definition) is 2. The van der Waals surface area contributed by atoms with Gasteiger partial charge in [-0.2, -0.15) is 0 Å². The molecule has 2 heterocycles. The van der Waals surface area contributed by atoms with Gasteiger partial charge in [0.15, 0.2) is 5.96 Å². The molecule has 128 valence electrons. The number of pyridine rings is 1. The molecule has 1 amide bonds. The van der Waals surface area contributed by atoms with Crippen LogP contribution in [-0.4, -0.2) is 28.5 Å². The highest BCUT2D eigenvalue weighted by atomic mass is 16.1. The third kappa shape index (κ3) is 2.67. The van der Waals surface area contributed by atoms with Gasteiger partial charge < -0.3 is 10.3 Å². The largest absolute Gasteiger partial charge is 0.370 e. The number of nitrogens with zero attached hydrogens (tertiary/aromatic N) is 3. The molecule has 0 radical (unpaired) electrons. The van der Waals surface area contributed by atoms with Gasteiger partial charge in [-0.05, 0) is 30.3 Å². The fourth-order valence-electron chi connectivity index (χ4n) is 3.03. The Bertz CT molecular complexity index is 1160. The molecule has 6 nitrogen and oxygen atoms in total. The van der Waals surface area contributed by atoms with Crippen LogP contribution < -0.4 is 11.1 Å². The smallest absolute Gasteiger partial charge is 0.260 e. The lowest BCUT2D eigenvalue weighted by Crippen LogP contribution is -2.36. The molecule has 2 aromatic heterocycles. The van der Waals surface area contributed by atoms with Crippen molar-refractivity contribution in [2.45, 2.75) is 0 Å². The van der Waals surface area contributed by atoms with Crippen LogP contribution in [0.15, 0.2) is 72.0 Å². The Labute approximate surface area is 150 Å². The Morgan fingerprint density at radius 1 is 1.15 bits per heavy atom. The lowest BCUT2D eigenvalue weighted by molar-refractivity contribution is 0.0978. The van der Waals surface area contributed by atoms with E-state index in [4.69, 9.17) is 5.73 Å². The molecule has 0 fully saturated rings. The number of hydrogen-bond acceptors (Lipinski definition) is 3. The molecule has 26 heavy (non-hydrogen) atoms. The van der Waals surface area contributed by atoms with Crippen molar-refractivity contribution in [2.75, 3.05) is 7.05 Å². The standard InChI is InChI=1S/C20H17N5O/c1-22-20(21)24-19(26)16-12-25(18-7-3-2-6-15(16)18)14-8-9-17-13(11-14)5-4-10-23-17/h2-12H,1H3,(H3,21,22,24,26). The summed E-state index contributed by atoms with van der Waals surface area (Å²) < 4.78 is 2.00. The molecule has 0 unspecified atom stereocenters. The van der Waals surface area contributed by atoms with Gasteiger partial charge in [0.1, 0.15) is 0 Å². The summed E-state index contributed by atoms with van der Waals surface area (Å²) in [6, 6.07) is 17.7. The van der Waals surface area contributed by atoms with Crippen LogP contribution in [0.25, 0.3) is 27.5 Å². The number of amides is 1. The third-order valence-electron chi connectivity index (χ3n) is 4.30. The lowest BCUT2D eigenvalue weighted by atomic mass is 10.1. The van der Waals surface area contributed by atoms with Crippen molar-refractivity contribution in [3.63, 3.8) is 0 Å². The van der Waals surface area contributed by atoms with Crippen LogP contribution in [0, 0.1) is 0 Å². The van der Waals surface area contributed by atoms with Crippen molar-refractivity contribution >= 4 is 33.7 Å². The fourth-order valence-corrected chi connectivity index (χ4v) is 3.03. The molecular weight excluding hydrogens is 326 g/mol. The number of nitrogens with two attached hydrogens (primary N) is 1. The maximum Gasteiger partial charge on any atom is 0.260 e. The molecule has 3 N–H and O–H groups in total. The second-order valence-corrected chi connectivity index (χ2v) is 5.87. The normalized spacial score (nSPS) is 11.8. The van der Waals surface area contributed by atoms with E-state index in [1.807, 2.05) is 59.3 Å². The molecule has 4 aromatic rings. The van der Waals surface area contributed by atoms with E-state index in [0.29, 0.717) is 5.56 Å². The maximum atomic E-state index is 12.6. The number of benzene rings is 2. The molecule has 0 spiro atoms. The van der Waals surface area contributed by atoms with Crippen molar-refractivity contribution in [2.24, 2.45) is 10.7 Å². The second-order valence-electron chi connectivity index (χ2n) is 5.87. The van der Waals surface area contributed by atoms with Crippen molar-refractivity contribution in [1.82, 2.24) is 14.9 Å². The maximum absolute atomic E-state index is 12.6. The van der Waals surface area contributed by atoms with Crippen LogP contribution in [0.5, 0.6) is 0 Å². The molecular formula is C20H17N5O. The first-order valence-electron chi connectivity index (χ1n) is 8.16. The van der Waals surface area contributed by atoms with Crippen molar-refractivity contribution < 1.29 is 4.79 Å². The van der Waals surface area contributed by atoms with E-state index in [-0.39, 0.29) is 11.9 Å². The summed E-state index contributed by atoms with van der Waals surface area (Å²) >= 11 is 0. The highest BCUT2D eigenvalue weighted by molar-refractivity contribution is 6.12. The van der Waals surface area contributed by atoms with Crippen LogP contribution in [0.3, 0.4) is 0 Å². The summed E-state index contributed by atoms with van der Waals surface area (Å²) in [4.78, 5) is 20.7. The summed E-state index contributed by atoms with van der Waals surface area (Å²) in [7, 11) is 1.53. The summed E-state index contributed by atoms with van der Waals surface area (Å²) in [5.41, 5.74) is 9.00. The number of fused-ring (bicyclic) bond motifs is 2. The molecule has 0 saturated heterocycles. The van der Waals surface area contributed by atoms with E-state index in [9.17, 15) is 4.79 Å². The molecule has 2 aromatic carbocycles. The predicted molar refractivity (Wildman–Crippen MR) is 104 cm³/mol. The van der Waals surface area contributed by atoms with Gasteiger partial charge in [0, 0.05) is 35.9 Å². The van der Waals surface area contributed by atoms with Gasteiger partial charge in [0.2, 0.25) is 0 Å². The second kappa shape index (κ2) is 6.33. The van der Waals surface area contributed by atoms with Crippen molar-refractivity contribution in [3.05, 3.63) is 72.6 Å². The topological polar surface area (TPSA) is 85.3 Å². The Hall–Kier alpha value is -3.67. The molecule has 6 heteroatoms. The summed E-state index contributed by atoms with van der Waals surface area (Å²) in [6.07, 6.45) is 3.59. The van der Waals surface area contributed by atoms with Gasteiger partial charge in [0.25, 0.3) is 5.91 Å². The van der Waals surface area contributed by atoms with Gasteiger partial charge in [-0.3, -0.25) is 20.1 Å². The predicted octanol–water partition coefficient (Wildman–Crippen LogP) is 2.85. The van der Waals surface area contributed by atoms with E-state index < -0.39 is 0 Å². The number of para-hydroxylation sites is 1. The summed E-state index contributed by atoms with van der Waals surface area (Å²) in [5, 5.41) is 4.48. The van der Waals surface area contributed by atoms with Gasteiger partial charge in [-0.15, -0.1) is 0 Å². The van der Waals surface area contributed by atoms with Crippen LogP contribution in [0.1, 0.15) is 10.4 Å². The number of rotatable bonds is 2. The Morgan fingerprint density at radius 2 is 2.00 bits per heavy atom. The zero-order valence-electron chi connectivity index (χ0n) is 14.2. The molecule has 0 aliphatic rings. The summed E-state index contributed by atoms with van der Waals surface area (Å²) in [6.45, 7) is 0. The monoisotopic (exact) mass is 343 g/mol. The molecule has 0 aliphatic carbocycles. The van der Waals surface area contributed by atoms with Gasteiger partial charge in [-0.25, -0.2) is 0 Å². The Morgan fingerprint density at radius 3 is 2.85 bits per heavy atom. The number of carbonyl (C=O) groups is 1. The van der Waals surface area contributed by atoms with E-state index in [1.54, 1.807) is 6.20 Å². The number of aromatic nitrogens is 2. The zero-order valence-corrected chi connectivity index (χ0v) is 14.2. The highest BCUT2D eigenvalue weighted by Gasteiger charge is 2.16. The van der Waals surface area contributed by atoms with E-state index in [0.717, 1.165) is 27.5 Å². The molecule has 0 atom stereocenters. The number of nitrogens with one attached hydrogen (secondary N) is 1. The van der Waals surface area contributed by atoms with Crippen LogP contribution in [0.4, 0.5) is 0 Å². The third-order valence-corrected chi connectivity index (χ3v) is 4.30. The number of guanidine groups is 1. The molecule has 4 rings (SSSR count). The average molecular weight is 343 g/mol. The molecule has 0 saturated carbocycles.